The average Bonchev–Trinajstić information content (AvgIpc) is 2.65. The first-order chi connectivity index (χ1) is 12.9. The largest absolute Gasteiger partial charge is 0.486 e. The highest BCUT2D eigenvalue weighted by molar-refractivity contribution is 5.94. The van der Waals surface area contributed by atoms with Crippen LogP contribution in [-0.2, 0) is 10.2 Å². The SMILES string of the molecule is CC[C@@H](Oc1ccc(C(C)(C)C)cc1)C(=O)Nc1ccc2c(c1)OCCO2. The molecule has 1 amide bonds. The van der Waals surface area contributed by atoms with Gasteiger partial charge in [-0.25, -0.2) is 0 Å². The van der Waals surface area contributed by atoms with Crippen LogP contribution < -0.4 is 19.5 Å². The van der Waals surface area contributed by atoms with E-state index < -0.39 is 6.10 Å². The molecule has 0 radical (unpaired) electrons. The molecule has 0 aliphatic carbocycles. The lowest BCUT2D eigenvalue weighted by molar-refractivity contribution is -0.122. The van der Waals surface area contributed by atoms with E-state index in [-0.39, 0.29) is 11.3 Å². The minimum absolute atomic E-state index is 0.0816. The molecule has 0 fully saturated rings. The second-order valence-corrected chi connectivity index (χ2v) is 7.64. The number of carbonyl (C=O) groups excluding carboxylic acids is 1. The van der Waals surface area contributed by atoms with E-state index in [9.17, 15) is 4.79 Å². The monoisotopic (exact) mass is 369 g/mol. The van der Waals surface area contributed by atoms with Gasteiger partial charge in [0.15, 0.2) is 17.6 Å². The normalized spacial score (nSPS) is 14.4. The summed E-state index contributed by atoms with van der Waals surface area (Å²) < 4.78 is 17.0. The van der Waals surface area contributed by atoms with E-state index in [0.29, 0.717) is 42.6 Å². The smallest absolute Gasteiger partial charge is 0.265 e. The summed E-state index contributed by atoms with van der Waals surface area (Å²) in [5.74, 6) is 1.84. The van der Waals surface area contributed by atoms with Gasteiger partial charge in [0, 0.05) is 11.8 Å². The first-order valence-corrected chi connectivity index (χ1v) is 9.34. The number of hydrogen-bond acceptors (Lipinski definition) is 4. The van der Waals surface area contributed by atoms with Gasteiger partial charge in [-0.1, -0.05) is 39.8 Å². The van der Waals surface area contributed by atoms with Crippen molar-refractivity contribution in [3.63, 3.8) is 0 Å². The standard InChI is InChI=1S/C22H27NO4/c1-5-18(27-17-9-6-15(7-10-17)22(2,3)4)21(24)23-16-8-11-19-20(14-16)26-13-12-25-19/h6-11,14,18H,5,12-13H2,1-4H3,(H,23,24)/t18-/m1/s1. The molecule has 0 aromatic heterocycles. The first-order valence-electron chi connectivity index (χ1n) is 9.34. The van der Waals surface area contributed by atoms with Gasteiger partial charge in [-0.2, -0.15) is 0 Å². The summed E-state index contributed by atoms with van der Waals surface area (Å²) in [6.45, 7) is 9.47. The number of benzene rings is 2. The van der Waals surface area contributed by atoms with Crippen LogP contribution in [0.4, 0.5) is 5.69 Å². The molecule has 1 heterocycles. The Morgan fingerprint density at radius 2 is 1.74 bits per heavy atom. The highest BCUT2D eigenvalue weighted by atomic mass is 16.6. The molecule has 27 heavy (non-hydrogen) atoms. The molecule has 2 aromatic carbocycles. The van der Waals surface area contributed by atoms with E-state index in [1.165, 1.54) is 5.56 Å². The van der Waals surface area contributed by atoms with Crippen LogP contribution in [0.25, 0.3) is 0 Å². The molecule has 5 heteroatoms. The summed E-state index contributed by atoms with van der Waals surface area (Å²) in [5, 5.41) is 2.90. The molecule has 0 saturated heterocycles. The van der Waals surface area contributed by atoms with Crippen LogP contribution in [0, 0.1) is 0 Å². The lowest BCUT2D eigenvalue weighted by Crippen LogP contribution is -2.32. The number of anilines is 1. The van der Waals surface area contributed by atoms with E-state index in [2.05, 4.69) is 26.1 Å². The molecule has 0 unspecified atom stereocenters. The number of amides is 1. The van der Waals surface area contributed by atoms with Gasteiger partial charge >= 0.3 is 0 Å². The number of ether oxygens (including phenoxy) is 3. The molecule has 1 aliphatic heterocycles. The number of rotatable bonds is 5. The molecule has 0 bridgehead atoms. The molecule has 2 aromatic rings. The van der Waals surface area contributed by atoms with Gasteiger partial charge in [0.05, 0.1) is 0 Å². The second kappa shape index (κ2) is 7.91. The van der Waals surface area contributed by atoms with Crippen molar-refractivity contribution in [2.45, 2.75) is 45.6 Å². The minimum atomic E-state index is -0.571. The summed E-state index contributed by atoms with van der Waals surface area (Å²) in [6.07, 6.45) is -0.00379. The Bertz CT molecular complexity index is 793. The van der Waals surface area contributed by atoms with Crippen molar-refractivity contribution in [3.8, 4) is 17.2 Å². The zero-order chi connectivity index (χ0) is 19.4. The fourth-order valence-electron chi connectivity index (χ4n) is 2.86. The third kappa shape index (κ3) is 4.73. The maximum Gasteiger partial charge on any atom is 0.265 e. The predicted molar refractivity (Wildman–Crippen MR) is 106 cm³/mol. The van der Waals surface area contributed by atoms with Crippen molar-refractivity contribution in [1.29, 1.82) is 0 Å². The summed E-state index contributed by atoms with van der Waals surface area (Å²) in [5.41, 5.74) is 1.97. The number of fused-ring (bicyclic) bond motifs is 1. The topological polar surface area (TPSA) is 56.8 Å². The summed E-state index contributed by atoms with van der Waals surface area (Å²) in [7, 11) is 0. The zero-order valence-corrected chi connectivity index (χ0v) is 16.4. The maximum atomic E-state index is 12.6. The van der Waals surface area contributed by atoms with Gasteiger partial charge < -0.3 is 19.5 Å². The predicted octanol–water partition coefficient (Wildman–Crippen LogP) is 4.55. The lowest BCUT2D eigenvalue weighted by Gasteiger charge is -2.21. The Kier molecular flexibility index (Phi) is 5.59. The fraction of sp³-hybridized carbons (Fsp3) is 0.409. The van der Waals surface area contributed by atoms with Crippen molar-refractivity contribution < 1.29 is 19.0 Å². The van der Waals surface area contributed by atoms with Gasteiger partial charge in [0.2, 0.25) is 0 Å². The Labute approximate surface area is 160 Å². The van der Waals surface area contributed by atoms with E-state index in [1.54, 1.807) is 18.2 Å². The van der Waals surface area contributed by atoms with E-state index in [0.717, 1.165) is 0 Å². The number of hydrogen-bond donors (Lipinski definition) is 1. The van der Waals surface area contributed by atoms with E-state index in [4.69, 9.17) is 14.2 Å². The van der Waals surface area contributed by atoms with Crippen molar-refractivity contribution >= 4 is 11.6 Å². The maximum absolute atomic E-state index is 12.6. The molecule has 3 rings (SSSR count). The zero-order valence-electron chi connectivity index (χ0n) is 16.4. The number of carbonyl (C=O) groups is 1. The van der Waals surface area contributed by atoms with Crippen molar-refractivity contribution in [2.75, 3.05) is 18.5 Å². The Morgan fingerprint density at radius 1 is 1.07 bits per heavy atom. The third-order valence-electron chi connectivity index (χ3n) is 4.47. The summed E-state index contributed by atoms with van der Waals surface area (Å²) in [4.78, 5) is 12.6. The van der Waals surface area contributed by atoms with Crippen LogP contribution in [0.1, 0.15) is 39.7 Å². The lowest BCUT2D eigenvalue weighted by atomic mass is 9.87. The first kappa shape index (κ1) is 19.1. The van der Waals surface area contributed by atoms with Crippen molar-refractivity contribution in [3.05, 3.63) is 48.0 Å². The molecule has 1 atom stereocenters. The molecule has 144 valence electrons. The molecular weight excluding hydrogens is 342 g/mol. The van der Waals surface area contributed by atoms with E-state index in [1.807, 2.05) is 31.2 Å². The highest BCUT2D eigenvalue weighted by Gasteiger charge is 2.20. The van der Waals surface area contributed by atoms with Crippen LogP contribution in [0.5, 0.6) is 17.2 Å². The van der Waals surface area contributed by atoms with Gasteiger partial charge in [-0.05, 0) is 41.7 Å². The average molecular weight is 369 g/mol. The Morgan fingerprint density at radius 3 is 2.37 bits per heavy atom. The molecule has 5 nitrogen and oxygen atoms in total. The van der Waals surface area contributed by atoms with Crippen LogP contribution >= 0.6 is 0 Å². The third-order valence-corrected chi connectivity index (χ3v) is 4.47. The molecule has 0 saturated carbocycles. The molecule has 1 aliphatic rings. The van der Waals surface area contributed by atoms with Gasteiger partial charge in [0.1, 0.15) is 19.0 Å². The van der Waals surface area contributed by atoms with Crippen LogP contribution in [0.2, 0.25) is 0 Å². The van der Waals surface area contributed by atoms with Crippen LogP contribution in [-0.4, -0.2) is 25.2 Å². The molecule has 1 N–H and O–H groups in total. The van der Waals surface area contributed by atoms with Crippen LogP contribution in [0.15, 0.2) is 42.5 Å². The van der Waals surface area contributed by atoms with Gasteiger partial charge in [-0.3, -0.25) is 4.79 Å². The highest BCUT2D eigenvalue weighted by Crippen LogP contribution is 2.32. The Balaban J connectivity index is 1.65. The Hall–Kier alpha value is -2.69. The number of nitrogens with one attached hydrogen (secondary N) is 1. The molecule has 0 spiro atoms. The van der Waals surface area contributed by atoms with Crippen molar-refractivity contribution in [1.82, 2.24) is 0 Å². The quantitative estimate of drug-likeness (QED) is 0.840. The second-order valence-electron chi connectivity index (χ2n) is 7.64. The van der Waals surface area contributed by atoms with Crippen molar-refractivity contribution in [2.24, 2.45) is 0 Å². The summed E-state index contributed by atoms with van der Waals surface area (Å²) >= 11 is 0. The minimum Gasteiger partial charge on any atom is -0.486 e. The fourth-order valence-corrected chi connectivity index (χ4v) is 2.86. The van der Waals surface area contributed by atoms with Gasteiger partial charge in [0.25, 0.3) is 5.91 Å². The molecular formula is C22H27NO4. The van der Waals surface area contributed by atoms with Gasteiger partial charge in [-0.15, -0.1) is 0 Å². The van der Waals surface area contributed by atoms with E-state index >= 15 is 0 Å². The van der Waals surface area contributed by atoms with Crippen LogP contribution in [0.3, 0.4) is 0 Å². The summed E-state index contributed by atoms with van der Waals surface area (Å²) in [6, 6.07) is 13.3.